The lowest BCUT2D eigenvalue weighted by molar-refractivity contribution is -0.118. The zero-order valence-electron chi connectivity index (χ0n) is 11.5. The molecule has 1 aromatic carbocycles. The summed E-state index contributed by atoms with van der Waals surface area (Å²) in [4.78, 5) is 12.3. The third-order valence-electron chi connectivity index (χ3n) is 3.62. The van der Waals surface area contributed by atoms with E-state index >= 15 is 0 Å². The maximum absolute atomic E-state index is 12.3. The van der Waals surface area contributed by atoms with Crippen LogP contribution < -0.4 is 10.6 Å². The van der Waals surface area contributed by atoms with E-state index in [-0.39, 0.29) is 11.9 Å². The number of hydrogen-bond donors (Lipinski definition) is 2. The molecule has 0 saturated carbocycles. The number of nitrogens with zero attached hydrogens (tertiary/aromatic N) is 2. The summed E-state index contributed by atoms with van der Waals surface area (Å²) < 4.78 is 1.79. The summed E-state index contributed by atoms with van der Waals surface area (Å²) in [6.45, 7) is 3.55. The van der Waals surface area contributed by atoms with Crippen LogP contribution in [0.15, 0.2) is 36.7 Å². The van der Waals surface area contributed by atoms with Gasteiger partial charge in [-0.15, -0.1) is 0 Å². The third-order valence-corrected chi connectivity index (χ3v) is 3.62. The number of fused-ring (bicyclic) bond motifs is 1. The van der Waals surface area contributed by atoms with Gasteiger partial charge < -0.3 is 10.6 Å². The van der Waals surface area contributed by atoms with Crippen LogP contribution in [0.2, 0.25) is 0 Å². The second-order valence-corrected chi connectivity index (χ2v) is 4.98. The van der Waals surface area contributed by atoms with Crippen LogP contribution in [-0.4, -0.2) is 21.7 Å². The van der Waals surface area contributed by atoms with Gasteiger partial charge in [0.05, 0.1) is 17.9 Å². The SMILES string of the molecule is CCn1cc(NC(=O)C2Cc3ccccc3CN2)cn1. The molecule has 1 amide bonds. The molecule has 0 radical (unpaired) electrons. The predicted octanol–water partition coefficient (Wildman–Crippen LogP) is 1.56. The summed E-state index contributed by atoms with van der Waals surface area (Å²) in [6, 6.07) is 8.05. The topological polar surface area (TPSA) is 59.0 Å². The highest BCUT2D eigenvalue weighted by Gasteiger charge is 2.24. The Morgan fingerprint density at radius 1 is 1.45 bits per heavy atom. The molecule has 0 bridgehead atoms. The molecular formula is C15H18N4O. The van der Waals surface area contributed by atoms with Gasteiger partial charge in [0.2, 0.25) is 5.91 Å². The molecule has 104 valence electrons. The van der Waals surface area contributed by atoms with Crippen molar-refractivity contribution in [3.63, 3.8) is 0 Å². The van der Waals surface area contributed by atoms with Crippen LogP contribution in [0.1, 0.15) is 18.1 Å². The Kier molecular flexibility index (Phi) is 3.52. The van der Waals surface area contributed by atoms with Crippen molar-refractivity contribution in [1.82, 2.24) is 15.1 Å². The smallest absolute Gasteiger partial charge is 0.241 e. The van der Waals surface area contributed by atoms with Crippen molar-refractivity contribution in [1.29, 1.82) is 0 Å². The minimum atomic E-state index is -0.185. The number of amides is 1. The minimum Gasteiger partial charge on any atom is -0.322 e. The van der Waals surface area contributed by atoms with Crippen molar-refractivity contribution < 1.29 is 4.79 Å². The van der Waals surface area contributed by atoms with E-state index in [1.54, 1.807) is 10.9 Å². The van der Waals surface area contributed by atoms with E-state index in [1.807, 2.05) is 25.3 Å². The molecule has 0 fully saturated rings. The lowest BCUT2D eigenvalue weighted by Gasteiger charge is -2.25. The molecule has 2 N–H and O–H groups in total. The first-order valence-electron chi connectivity index (χ1n) is 6.89. The van der Waals surface area contributed by atoms with Crippen molar-refractivity contribution in [3.8, 4) is 0 Å². The Bertz CT molecular complexity index is 620. The van der Waals surface area contributed by atoms with Crippen LogP contribution in [0.25, 0.3) is 0 Å². The summed E-state index contributed by atoms with van der Waals surface area (Å²) >= 11 is 0. The third kappa shape index (κ3) is 2.58. The molecule has 1 aliphatic rings. The highest BCUT2D eigenvalue weighted by Crippen LogP contribution is 2.17. The largest absolute Gasteiger partial charge is 0.322 e. The maximum Gasteiger partial charge on any atom is 0.241 e. The zero-order chi connectivity index (χ0) is 13.9. The Morgan fingerprint density at radius 3 is 3.00 bits per heavy atom. The van der Waals surface area contributed by atoms with Crippen LogP contribution in [0.4, 0.5) is 5.69 Å². The maximum atomic E-state index is 12.3. The van der Waals surface area contributed by atoms with Crippen LogP contribution in [0.5, 0.6) is 0 Å². The van der Waals surface area contributed by atoms with Crippen molar-refractivity contribution in [3.05, 3.63) is 47.8 Å². The van der Waals surface area contributed by atoms with E-state index in [2.05, 4.69) is 27.9 Å². The van der Waals surface area contributed by atoms with Crippen molar-refractivity contribution in [2.45, 2.75) is 32.5 Å². The van der Waals surface area contributed by atoms with E-state index in [9.17, 15) is 4.79 Å². The number of aromatic nitrogens is 2. The van der Waals surface area contributed by atoms with Crippen molar-refractivity contribution >= 4 is 11.6 Å². The second kappa shape index (κ2) is 5.46. The van der Waals surface area contributed by atoms with Gasteiger partial charge in [-0.3, -0.25) is 9.48 Å². The van der Waals surface area contributed by atoms with E-state index < -0.39 is 0 Å². The zero-order valence-corrected chi connectivity index (χ0v) is 11.5. The molecule has 1 aliphatic heterocycles. The molecule has 0 spiro atoms. The average molecular weight is 270 g/mol. The van der Waals surface area contributed by atoms with Gasteiger partial charge in [0.25, 0.3) is 0 Å². The van der Waals surface area contributed by atoms with Crippen LogP contribution in [-0.2, 0) is 24.3 Å². The normalized spacial score (nSPS) is 17.6. The van der Waals surface area contributed by atoms with Gasteiger partial charge in [-0.2, -0.15) is 5.10 Å². The summed E-state index contributed by atoms with van der Waals surface area (Å²) in [7, 11) is 0. The second-order valence-electron chi connectivity index (χ2n) is 4.98. The molecule has 20 heavy (non-hydrogen) atoms. The summed E-state index contributed by atoms with van der Waals surface area (Å²) in [5, 5.41) is 10.3. The predicted molar refractivity (Wildman–Crippen MR) is 77.3 cm³/mol. The van der Waals surface area contributed by atoms with Crippen molar-refractivity contribution in [2.75, 3.05) is 5.32 Å². The minimum absolute atomic E-state index is 0.00449. The van der Waals surface area contributed by atoms with Gasteiger partial charge in [0.1, 0.15) is 0 Å². The monoisotopic (exact) mass is 270 g/mol. The molecule has 0 saturated heterocycles. The average Bonchev–Trinajstić information content (AvgIpc) is 2.94. The van der Waals surface area contributed by atoms with Crippen molar-refractivity contribution in [2.24, 2.45) is 0 Å². The molecule has 5 heteroatoms. The number of nitrogens with one attached hydrogen (secondary N) is 2. The Morgan fingerprint density at radius 2 is 2.25 bits per heavy atom. The lowest BCUT2D eigenvalue weighted by Crippen LogP contribution is -2.44. The standard InChI is InChI=1S/C15H18N4O/c1-2-19-10-13(9-17-19)18-15(20)14-7-11-5-3-4-6-12(11)8-16-14/h3-6,9-10,14,16H,2,7-8H2,1H3,(H,18,20). The number of rotatable bonds is 3. The molecular weight excluding hydrogens is 252 g/mol. The summed E-state index contributed by atoms with van der Waals surface area (Å²) in [5.74, 6) is -0.00449. The van der Waals surface area contributed by atoms with Gasteiger partial charge in [-0.25, -0.2) is 0 Å². The van der Waals surface area contributed by atoms with E-state index in [0.29, 0.717) is 0 Å². The number of hydrogen-bond acceptors (Lipinski definition) is 3. The molecule has 2 heterocycles. The van der Waals surface area contributed by atoms with Gasteiger partial charge in [-0.1, -0.05) is 24.3 Å². The molecule has 0 aliphatic carbocycles. The summed E-state index contributed by atoms with van der Waals surface area (Å²) in [5.41, 5.74) is 3.27. The van der Waals surface area contributed by atoms with E-state index in [4.69, 9.17) is 0 Å². The molecule has 5 nitrogen and oxygen atoms in total. The Balaban J connectivity index is 1.67. The number of aryl methyl sites for hydroxylation is 1. The van der Waals surface area contributed by atoms with E-state index in [1.165, 1.54) is 11.1 Å². The fraction of sp³-hybridized carbons (Fsp3) is 0.333. The first kappa shape index (κ1) is 12.9. The Hall–Kier alpha value is -2.14. The summed E-state index contributed by atoms with van der Waals surface area (Å²) in [6.07, 6.45) is 4.25. The van der Waals surface area contributed by atoms with E-state index in [0.717, 1.165) is 25.2 Å². The van der Waals surface area contributed by atoms with Gasteiger partial charge >= 0.3 is 0 Å². The molecule has 1 unspecified atom stereocenters. The molecule has 2 aromatic rings. The highest BCUT2D eigenvalue weighted by atomic mass is 16.2. The number of anilines is 1. The fourth-order valence-corrected chi connectivity index (χ4v) is 2.47. The first-order chi connectivity index (χ1) is 9.76. The van der Waals surface area contributed by atoms with Crippen LogP contribution >= 0.6 is 0 Å². The number of benzene rings is 1. The van der Waals surface area contributed by atoms with Gasteiger partial charge in [0.15, 0.2) is 0 Å². The highest BCUT2D eigenvalue weighted by molar-refractivity contribution is 5.95. The quantitative estimate of drug-likeness (QED) is 0.889. The van der Waals surface area contributed by atoms with Crippen LogP contribution in [0, 0.1) is 0 Å². The van der Waals surface area contributed by atoms with Gasteiger partial charge in [-0.05, 0) is 24.5 Å². The fourth-order valence-electron chi connectivity index (χ4n) is 2.47. The molecule has 1 atom stereocenters. The Labute approximate surface area is 118 Å². The van der Waals surface area contributed by atoms with Crippen LogP contribution in [0.3, 0.4) is 0 Å². The van der Waals surface area contributed by atoms with Gasteiger partial charge in [0, 0.05) is 19.3 Å². The number of carbonyl (C=O) groups excluding carboxylic acids is 1. The first-order valence-corrected chi connectivity index (χ1v) is 6.89. The molecule has 1 aromatic heterocycles. The molecule has 3 rings (SSSR count). The lowest BCUT2D eigenvalue weighted by atomic mass is 9.95. The number of carbonyl (C=O) groups is 1.